The Bertz CT molecular complexity index is 994. The van der Waals surface area contributed by atoms with Gasteiger partial charge in [0.2, 0.25) is 0 Å². The average molecular weight is 427 g/mol. The van der Waals surface area contributed by atoms with E-state index in [1.165, 1.54) is 10.8 Å². The van der Waals surface area contributed by atoms with Crippen molar-refractivity contribution in [2.45, 2.75) is 72.1 Å². The van der Waals surface area contributed by atoms with Gasteiger partial charge in [-0.05, 0) is 53.7 Å². The van der Waals surface area contributed by atoms with Crippen LogP contribution in [-0.2, 0) is 4.43 Å². The van der Waals surface area contributed by atoms with Gasteiger partial charge >= 0.3 is 0 Å². The molecule has 4 nitrogen and oxygen atoms in total. The highest BCUT2D eigenvalue weighted by Gasteiger charge is 2.41. The van der Waals surface area contributed by atoms with Gasteiger partial charge in [0.15, 0.2) is 14.1 Å². The van der Waals surface area contributed by atoms with Crippen LogP contribution in [0.1, 0.15) is 58.3 Å². The molecule has 1 aromatic rings. The normalized spacial score (nSPS) is 19.9. The van der Waals surface area contributed by atoms with E-state index in [9.17, 15) is 4.79 Å². The molecule has 0 saturated heterocycles. The second-order valence-corrected chi connectivity index (χ2v) is 16.0. The van der Waals surface area contributed by atoms with Gasteiger partial charge in [0.05, 0.1) is 18.0 Å². The molecule has 0 aliphatic carbocycles. The minimum atomic E-state index is -1.87. The second kappa shape index (κ2) is 7.76. The Morgan fingerprint density at radius 3 is 2.43 bits per heavy atom. The molecule has 0 fully saturated rings. The third-order valence-corrected chi connectivity index (χ3v) is 11.4. The van der Waals surface area contributed by atoms with E-state index >= 15 is 0 Å². The van der Waals surface area contributed by atoms with Crippen LogP contribution in [0.5, 0.6) is 0 Å². The maximum absolute atomic E-state index is 12.8. The number of anilines is 1. The highest BCUT2D eigenvalue weighted by Crippen LogP contribution is 2.40. The van der Waals surface area contributed by atoms with E-state index in [0.29, 0.717) is 18.7 Å². The summed E-state index contributed by atoms with van der Waals surface area (Å²) in [5, 5.41) is 2.16. The van der Waals surface area contributed by atoms with Gasteiger partial charge in [-0.15, -0.1) is 0 Å². The summed E-state index contributed by atoms with van der Waals surface area (Å²) in [7, 11) is 0.281. The number of allylic oxidation sites excluding steroid dienone is 1. The maximum atomic E-state index is 12.8. The van der Waals surface area contributed by atoms with Gasteiger partial charge < -0.3 is 9.33 Å². The number of benzene rings is 1. The number of fused-ring (bicyclic) bond motifs is 2. The van der Waals surface area contributed by atoms with E-state index in [1.807, 2.05) is 6.08 Å². The molecule has 2 heterocycles. The molecule has 1 aromatic carbocycles. The summed E-state index contributed by atoms with van der Waals surface area (Å²) in [6.07, 6.45) is 4.44. The van der Waals surface area contributed by atoms with Crippen LogP contribution in [0.25, 0.3) is 5.57 Å². The molecule has 0 aromatic heterocycles. The average Bonchev–Trinajstić information content (AvgIpc) is 2.88. The Kier molecular flexibility index (Phi) is 5.93. The molecular formula is C25H38N2O2Si. The smallest absolute Gasteiger partial charge is 0.192 e. The van der Waals surface area contributed by atoms with Crippen LogP contribution < -0.4 is 15.5 Å². The van der Waals surface area contributed by atoms with Crippen molar-refractivity contribution in [3.8, 4) is 0 Å². The third-order valence-electron chi connectivity index (χ3n) is 6.91. The summed E-state index contributed by atoms with van der Waals surface area (Å²) in [5.74, 6) is 0.0492. The molecule has 1 unspecified atom stereocenters. The van der Waals surface area contributed by atoms with Crippen molar-refractivity contribution in [3.63, 3.8) is 0 Å². The molecule has 0 spiro atoms. The largest absolute Gasteiger partial charge is 0.414 e. The van der Waals surface area contributed by atoms with Gasteiger partial charge in [-0.25, -0.2) is 0 Å². The first-order valence-corrected chi connectivity index (χ1v) is 14.0. The molecule has 0 radical (unpaired) electrons. The van der Waals surface area contributed by atoms with Gasteiger partial charge in [0.1, 0.15) is 0 Å². The summed E-state index contributed by atoms with van der Waals surface area (Å²) < 4.78 is 6.67. The SMILES string of the molecule is CN1c2cc3c(cc2=C(C(C)(C)C)C1CO[Si](C)(C)C(C)(C)C)C(=O)C=CCCN=3. The van der Waals surface area contributed by atoms with Crippen molar-refractivity contribution in [1.82, 2.24) is 0 Å². The summed E-state index contributed by atoms with van der Waals surface area (Å²) >= 11 is 0. The van der Waals surface area contributed by atoms with E-state index in [4.69, 9.17) is 9.42 Å². The quantitative estimate of drug-likeness (QED) is 0.669. The Balaban J connectivity index is 2.13. The van der Waals surface area contributed by atoms with Crippen LogP contribution in [0.2, 0.25) is 18.1 Å². The first kappa shape index (κ1) is 23.0. The molecular weight excluding hydrogens is 388 g/mol. The number of hydrogen-bond donors (Lipinski definition) is 0. The zero-order chi connectivity index (χ0) is 22.5. The fraction of sp³-hybridized carbons (Fsp3) is 0.600. The molecule has 1 atom stereocenters. The molecule has 164 valence electrons. The highest BCUT2D eigenvalue weighted by molar-refractivity contribution is 6.74. The Morgan fingerprint density at radius 1 is 1.17 bits per heavy atom. The van der Waals surface area contributed by atoms with Crippen molar-refractivity contribution in [1.29, 1.82) is 0 Å². The topological polar surface area (TPSA) is 41.9 Å². The zero-order valence-corrected chi connectivity index (χ0v) is 21.2. The molecule has 3 rings (SSSR count). The summed E-state index contributed by atoms with van der Waals surface area (Å²) in [6.45, 7) is 19.6. The van der Waals surface area contributed by atoms with Gasteiger partial charge in [0.25, 0.3) is 0 Å². The lowest BCUT2D eigenvalue weighted by molar-refractivity contribution is 0.104. The Labute approximate surface area is 182 Å². The monoisotopic (exact) mass is 426 g/mol. The molecule has 2 aliphatic rings. The number of hydrogen-bond acceptors (Lipinski definition) is 4. The number of rotatable bonds is 3. The lowest BCUT2D eigenvalue weighted by Gasteiger charge is -2.39. The van der Waals surface area contributed by atoms with Gasteiger partial charge in [0, 0.05) is 30.1 Å². The highest BCUT2D eigenvalue weighted by atomic mass is 28.4. The lowest BCUT2D eigenvalue weighted by Crippen LogP contribution is -2.46. The standard InChI is InChI=1S/C25H38N2O2Si/c1-24(2,3)23-18-14-17-19(26-13-11-10-12-22(17)28)15-20(18)27(7)21(23)16-29-30(8,9)25(4,5)6/h10,12,14-15,21H,11,13,16H2,1-9H3. The van der Waals surface area contributed by atoms with Gasteiger partial charge in [-0.2, -0.15) is 0 Å². The van der Waals surface area contributed by atoms with Crippen LogP contribution in [0, 0.1) is 5.41 Å². The number of carbonyl (C=O) groups excluding carboxylic acids is 1. The van der Waals surface area contributed by atoms with E-state index in [2.05, 4.69) is 78.7 Å². The minimum absolute atomic E-state index is 0.0349. The molecule has 0 saturated carbocycles. The van der Waals surface area contributed by atoms with Crippen LogP contribution in [0.4, 0.5) is 5.69 Å². The fourth-order valence-electron chi connectivity index (χ4n) is 4.10. The summed E-state index contributed by atoms with van der Waals surface area (Å²) in [4.78, 5) is 19.8. The van der Waals surface area contributed by atoms with E-state index < -0.39 is 8.32 Å². The van der Waals surface area contributed by atoms with E-state index in [1.54, 1.807) is 6.08 Å². The van der Waals surface area contributed by atoms with Gasteiger partial charge in [-0.3, -0.25) is 9.79 Å². The number of likely N-dealkylation sites (N-methyl/N-ethyl adjacent to an activating group) is 1. The number of carbonyl (C=O) groups is 1. The van der Waals surface area contributed by atoms with Crippen LogP contribution in [0.3, 0.4) is 0 Å². The summed E-state index contributed by atoms with van der Waals surface area (Å²) in [6, 6.07) is 4.35. The maximum Gasteiger partial charge on any atom is 0.192 e. The number of nitrogens with zero attached hydrogens (tertiary/aromatic N) is 2. The molecule has 0 amide bonds. The second-order valence-electron chi connectivity index (χ2n) is 11.2. The Morgan fingerprint density at radius 2 is 1.83 bits per heavy atom. The van der Waals surface area contributed by atoms with Crippen molar-refractivity contribution in [2.24, 2.45) is 10.4 Å². The summed E-state index contributed by atoms with van der Waals surface area (Å²) in [5.41, 5.74) is 3.18. The van der Waals surface area contributed by atoms with Crippen LogP contribution >= 0.6 is 0 Å². The molecule has 0 bridgehead atoms. The fourth-order valence-corrected chi connectivity index (χ4v) is 5.10. The van der Waals surface area contributed by atoms with Crippen molar-refractivity contribution in [3.05, 3.63) is 40.4 Å². The van der Waals surface area contributed by atoms with Crippen LogP contribution in [0.15, 0.2) is 29.3 Å². The predicted molar refractivity (Wildman–Crippen MR) is 128 cm³/mol. The first-order valence-electron chi connectivity index (χ1n) is 11.0. The Hall–Kier alpha value is -1.72. The van der Waals surface area contributed by atoms with Gasteiger partial charge in [-0.1, -0.05) is 47.6 Å². The third kappa shape index (κ3) is 4.19. The number of ketones is 1. The van der Waals surface area contributed by atoms with Crippen molar-refractivity contribution < 1.29 is 9.22 Å². The molecule has 5 heteroatoms. The molecule has 2 aliphatic heterocycles. The van der Waals surface area contributed by atoms with E-state index in [-0.39, 0.29) is 22.3 Å². The minimum Gasteiger partial charge on any atom is -0.414 e. The molecule has 30 heavy (non-hydrogen) atoms. The molecule has 0 N–H and O–H groups in total. The van der Waals surface area contributed by atoms with Crippen LogP contribution in [-0.4, -0.2) is 40.3 Å². The lowest BCUT2D eigenvalue weighted by atomic mass is 9.81. The van der Waals surface area contributed by atoms with Crippen molar-refractivity contribution in [2.75, 3.05) is 25.1 Å². The first-order chi connectivity index (χ1) is 13.7. The zero-order valence-electron chi connectivity index (χ0n) is 20.2. The predicted octanol–water partition coefficient (Wildman–Crippen LogP) is 4.49. The van der Waals surface area contributed by atoms with Crippen molar-refractivity contribution >= 4 is 25.4 Å². The van der Waals surface area contributed by atoms with E-state index in [0.717, 1.165) is 17.5 Å².